The molecule has 2 rings (SSSR count). The predicted octanol–water partition coefficient (Wildman–Crippen LogP) is 3.45. The van der Waals surface area contributed by atoms with Crippen molar-refractivity contribution in [3.63, 3.8) is 0 Å². The molecule has 1 aromatic rings. The van der Waals surface area contributed by atoms with Gasteiger partial charge in [0.2, 0.25) is 0 Å². The molecule has 2 atom stereocenters. The van der Waals surface area contributed by atoms with Gasteiger partial charge in [-0.2, -0.15) is 0 Å². The molecule has 1 aliphatic heterocycles. The molecular weight excluding hydrogens is 272 g/mol. The minimum absolute atomic E-state index is 0.268. The number of rotatable bonds is 5. The van der Waals surface area contributed by atoms with Crippen molar-refractivity contribution in [2.45, 2.75) is 51.9 Å². The third-order valence-corrected chi connectivity index (χ3v) is 4.20. The Kier molecular flexibility index (Phi) is 5.30. The molecule has 1 heterocycles. The number of benzene rings is 1. The van der Waals surface area contributed by atoms with Crippen LogP contribution in [0, 0.1) is 0 Å². The summed E-state index contributed by atoms with van der Waals surface area (Å²) in [4.78, 5) is 2.32. The Balaban J connectivity index is 2.21. The molecule has 3 nitrogen and oxygen atoms in total. The number of nitrogens with one attached hydrogen (secondary N) is 1. The molecule has 1 N–H and O–H groups in total. The Morgan fingerprint density at radius 2 is 2.20 bits per heavy atom. The van der Waals surface area contributed by atoms with Gasteiger partial charge in [0, 0.05) is 37.0 Å². The van der Waals surface area contributed by atoms with E-state index in [1.165, 1.54) is 11.3 Å². The van der Waals surface area contributed by atoms with Gasteiger partial charge in [0.05, 0.1) is 12.1 Å². The van der Waals surface area contributed by atoms with Crippen LogP contribution in [-0.2, 0) is 11.3 Å². The summed E-state index contributed by atoms with van der Waals surface area (Å²) in [6.07, 6.45) is 1.34. The molecule has 1 fully saturated rings. The van der Waals surface area contributed by atoms with Crippen molar-refractivity contribution in [3.8, 4) is 0 Å². The van der Waals surface area contributed by atoms with Crippen LogP contribution in [0.1, 0.15) is 32.8 Å². The van der Waals surface area contributed by atoms with Crippen molar-refractivity contribution < 1.29 is 4.74 Å². The summed E-state index contributed by atoms with van der Waals surface area (Å²) in [5, 5.41) is 4.26. The molecule has 1 saturated heterocycles. The van der Waals surface area contributed by atoms with Crippen LogP contribution >= 0.6 is 11.6 Å². The van der Waals surface area contributed by atoms with Crippen molar-refractivity contribution in [2.75, 3.05) is 18.6 Å². The van der Waals surface area contributed by atoms with Crippen LogP contribution in [0.25, 0.3) is 0 Å². The summed E-state index contributed by atoms with van der Waals surface area (Å²) >= 11 is 6.19. The summed E-state index contributed by atoms with van der Waals surface area (Å²) in [7, 11) is 2.14. The smallest absolute Gasteiger partial charge is 0.0750 e. The molecule has 4 heteroatoms. The second-order valence-electron chi connectivity index (χ2n) is 5.85. The maximum absolute atomic E-state index is 6.19. The number of halogens is 1. The molecule has 2 unspecified atom stereocenters. The van der Waals surface area contributed by atoms with E-state index in [9.17, 15) is 0 Å². The monoisotopic (exact) mass is 296 g/mol. The molecule has 0 bridgehead atoms. The van der Waals surface area contributed by atoms with E-state index in [1.54, 1.807) is 0 Å². The van der Waals surface area contributed by atoms with Crippen molar-refractivity contribution in [1.82, 2.24) is 5.32 Å². The number of ether oxygens (including phenoxy) is 1. The average Bonchev–Trinajstić information content (AvgIpc) is 2.82. The van der Waals surface area contributed by atoms with Gasteiger partial charge >= 0.3 is 0 Å². The second kappa shape index (κ2) is 6.79. The zero-order chi connectivity index (χ0) is 14.7. The molecule has 1 aromatic carbocycles. The van der Waals surface area contributed by atoms with Crippen molar-refractivity contribution in [1.29, 1.82) is 0 Å². The molecular formula is C16H25ClN2O. The maximum Gasteiger partial charge on any atom is 0.0750 e. The zero-order valence-corrected chi connectivity index (χ0v) is 13.6. The van der Waals surface area contributed by atoms with Crippen molar-refractivity contribution in [3.05, 3.63) is 28.8 Å². The number of likely N-dealkylation sites (N-methyl/N-ethyl adjacent to an activating group) is 1. The molecule has 20 heavy (non-hydrogen) atoms. The summed E-state index contributed by atoms with van der Waals surface area (Å²) in [5.41, 5.74) is 2.48. The third kappa shape index (κ3) is 3.66. The standard InChI is InChI=1S/C16H25ClN2O/c1-11(2)18-10-13-5-6-14(17)9-16(13)19(4)15-7-8-20-12(15)3/h5-6,9,11-12,15,18H,7-8,10H2,1-4H3. The predicted molar refractivity (Wildman–Crippen MR) is 85.6 cm³/mol. The topological polar surface area (TPSA) is 24.5 Å². The van der Waals surface area contributed by atoms with Gasteiger partial charge in [0.25, 0.3) is 0 Å². The van der Waals surface area contributed by atoms with Gasteiger partial charge in [0.15, 0.2) is 0 Å². The zero-order valence-electron chi connectivity index (χ0n) is 12.8. The van der Waals surface area contributed by atoms with Crippen molar-refractivity contribution in [2.24, 2.45) is 0 Å². The van der Waals surface area contributed by atoms with E-state index in [1.807, 2.05) is 6.07 Å². The first-order valence-electron chi connectivity index (χ1n) is 7.35. The quantitative estimate of drug-likeness (QED) is 0.901. The highest BCUT2D eigenvalue weighted by Crippen LogP contribution is 2.29. The largest absolute Gasteiger partial charge is 0.376 e. The molecule has 0 saturated carbocycles. The second-order valence-corrected chi connectivity index (χ2v) is 6.29. The number of hydrogen-bond acceptors (Lipinski definition) is 3. The Morgan fingerprint density at radius 1 is 1.45 bits per heavy atom. The first kappa shape index (κ1) is 15.6. The summed E-state index contributed by atoms with van der Waals surface area (Å²) in [5.74, 6) is 0. The van der Waals surface area contributed by atoms with Crippen LogP contribution in [0.15, 0.2) is 18.2 Å². The molecule has 0 radical (unpaired) electrons. The maximum atomic E-state index is 6.19. The normalized spacial score (nSPS) is 22.5. The minimum atomic E-state index is 0.268. The van der Waals surface area contributed by atoms with E-state index in [0.717, 1.165) is 24.6 Å². The van der Waals surface area contributed by atoms with Crippen LogP contribution in [-0.4, -0.2) is 31.8 Å². The highest BCUT2D eigenvalue weighted by molar-refractivity contribution is 6.30. The van der Waals surface area contributed by atoms with Crippen LogP contribution in [0.4, 0.5) is 5.69 Å². The highest BCUT2D eigenvalue weighted by Gasteiger charge is 2.29. The fraction of sp³-hybridized carbons (Fsp3) is 0.625. The Morgan fingerprint density at radius 3 is 2.80 bits per heavy atom. The van der Waals surface area contributed by atoms with Crippen LogP contribution < -0.4 is 10.2 Å². The van der Waals surface area contributed by atoms with Gasteiger partial charge in [-0.15, -0.1) is 0 Å². The molecule has 1 aliphatic rings. The lowest BCUT2D eigenvalue weighted by Gasteiger charge is -2.31. The molecule has 112 valence electrons. The fourth-order valence-corrected chi connectivity index (χ4v) is 2.90. The van der Waals surface area contributed by atoms with Crippen molar-refractivity contribution >= 4 is 17.3 Å². The average molecular weight is 297 g/mol. The van der Waals surface area contributed by atoms with Gasteiger partial charge in [-0.1, -0.05) is 31.5 Å². The van der Waals surface area contributed by atoms with E-state index in [0.29, 0.717) is 12.1 Å². The Labute approximate surface area is 127 Å². The van der Waals surface area contributed by atoms with Gasteiger partial charge < -0.3 is 15.0 Å². The molecule has 0 aromatic heterocycles. The highest BCUT2D eigenvalue weighted by atomic mass is 35.5. The summed E-state index contributed by atoms with van der Waals surface area (Å²) in [6, 6.07) is 7.03. The first-order chi connectivity index (χ1) is 9.49. The summed E-state index contributed by atoms with van der Waals surface area (Å²) < 4.78 is 5.69. The SMILES string of the molecule is CC(C)NCc1ccc(Cl)cc1N(C)C1CCOC1C. The van der Waals surface area contributed by atoms with Gasteiger partial charge in [-0.3, -0.25) is 0 Å². The Bertz CT molecular complexity index is 450. The number of hydrogen-bond donors (Lipinski definition) is 1. The fourth-order valence-electron chi connectivity index (χ4n) is 2.74. The van der Waals surface area contributed by atoms with Gasteiger partial charge in [-0.25, -0.2) is 0 Å². The summed E-state index contributed by atoms with van der Waals surface area (Å²) in [6.45, 7) is 8.16. The lowest BCUT2D eigenvalue weighted by Crippen LogP contribution is -2.37. The van der Waals surface area contributed by atoms with Crippen LogP contribution in [0.3, 0.4) is 0 Å². The molecule has 0 amide bonds. The number of anilines is 1. The van der Waals surface area contributed by atoms with Gasteiger partial charge in [-0.05, 0) is 31.0 Å². The lowest BCUT2D eigenvalue weighted by molar-refractivity contribution is 0.118. The van der Waals surface area contributed by atoms with E-state index in [4.69, 9.17) is 16.3 Å². The van der Waals surface area contributed by atoms with Gasteiger partial charge in [0.1, 0.15) is 0 Å². The minimum Gasteiger partial charge on any atom is -0.376 e. The lowest BCUT2D eigenvalue weighted by atomic mass is 10.1. The molecule has 0 aliphatic carbocycles. The number of nitrogens with zero attached hydrogens (tertiary/aromatic N) is 1. The van der Waals surface area contributed by atoms with Crippen LogP contribution in [0.2, 0.25) is 5.02 Å². The van der Waals surface area contributed by atoms with E-state index >= 15 is 0 Å². The van der Waals surface area contributed by atoms with E-state index in [2.05, 4.69) is 50.2 Å². The van der Waals surface area contributed by atoms with E-state index in [-0.39, 0.29) is 6.10 Å². The van der Waals surface area contributed by atoms with Crippen LogP contribution in [0.5, 0.6) is 0 Å². The molecule has 0 spiro atoms. The third-order valence-electron chi connectivity index (χ3n) is 3.96. The first-order valence-corrected chi connectivity index (χ1v) is 7.73. The Hall–Kier alpha value is -0.770. The van der Waals surface area contributed by atoms with E-state index < -0.39 is 0 Å².